The van der Waals surface area contributed by atoms with E-state index in [-0.39, 0.29) is 0 Å². The molecule has 0 saturated heterocycles. The molecule has 1 N–H and O–H groups in total. The summed E-state index contributed by atoms with van der Waals surface area (Å²) in [6.45, 7) is 6.37. The Balaban J connectivity index is 2.14. The van der Waals surface area contributed by atoms with Gasteiger partial charge in [-0.1, -0.05) is 25.1 Å². The molecule has 168 valence electrons. The number of esters is 1. The van der Waals surface area contributed by atoms with Crippen LogP contribution in [-0.2, 0) is 9.53 Å². The Morgan fingerprint density at radius 3 is 2.74 bits per heavy atom. The van der Waals surface area contributed by atoms with Crippen molar-refractivity contribution in [3.05, 3.63) is 33.4 Å². The molecule has 0 radical (unpaired) electrons. The fourth-order valence-corrected chi connectivity index (χ4v) is 4.92. The van der Waals surface area contributed by atoms with Gasteiger partial charge in [0.15, 0.2) is 11.5 Å². The van der Waals surface area contributed by atoms with Gasteiger partial charge < -0.3 is 19.5 Å². The molecule has 0 fully saturated rings. The van der Waals surface area contributed by atoms with Gasteiger partial charge in [-0.2, -0.15) is 4.98 Å². The van der Waals surface area contributed by atoms with Crippen LogP contribution in [0.4, 0.5) is 5.95 Å². The number of carbonyl (C=O) groups is 1. The Morgan fingerprint density at radius 1 is 1.32 bits per heavy atom. The minimum Gasteiger partial charge on any atom is -0.492 e. The quantitative estimate of drug-likeness (QED) is 0.292. The summed E-state index contributed by atoms with van der Waals surface area (Å²) in [4.78, 5) is 17.4. The third-order valence-electron chi connectivity index (χ3n) is 4.82. The van der Waals surface area contributed by atoms with Gasteiger partial charge in [0.25, 0.3) is 0 Å². The second-order valence-corrected chi connectivity index (χ2v) is 8.81. The van der Waals surface area contributed by atoms with Gasteiger partial charge in [0.1, 0.15) is 6.04 Å². The number of aromatic nitrogens is 3. The maximum atomic E-state index is 12.8. The summed E-state index contributed by atoms with van der Waals surface area (Å²) < 4.78 is 18.8. The van der Waals surface area contributed by atoms with Gasteiger partial charge in [-0.05, 0) is 53.9 Å². The van der Waals surface area contributed by atoms with Gasteiger partial charge >= 0.3 is 5.97 Å². The molecule has 1 aliphatic rings. The first-order valence-electron chi connectivity index (χ1n) is 10.1. The predicted octanol–water partition coefficient (Wildman–Crippen LogP) is 4.80. The highest BCUT2D eigenvalue weighted by molar-refractivity contribution is 9.10. The maximum Gasteiger partial charge on any atom is 0.338 e. The van der Waals surface area contributed by atoms with Crippen molar-refractivity contribution >= 4 is 39.6 Å². The van der Waals surface area contributed by atoms with Crippen LogP contribution in [0.25, 0.3) is 0 Å². The minimum absolute atomic E-state index is 0.429. The molecule has 1 atom stereocenters. The number of nitrogens with one attached hydrogen (secondary N) is 1. The van der Waals surface area contributed by atoms with Crippen LogP contribution >= 0.6 is 27.7 Å². The summed E-state index contributed by atoms with van der Waals surface area (Å²) in [5.41, 5.74) is 1.94. The van der Waals surface area contributed by atoms with E-state index < -0.39 is 12.0 Å². The number of benzene rings is 1. The standard InChI is InChI=1S/C21H27BrN4O4S/c1-6-8-9-31-21-24-20-23-12(3)16(19(27)29-5)17(26(20)25-21)13-10-14(22)18(28-4)15(11-13)30-7-2/h10-11,17H,6-9H2,1-5H3,(H,23,24,25). The number of allylic oxidation sites excluding steroid dienone is 1. The molecule has 0 spiro atoms. The van der Waals surface area contributed by atoms with E-state index in [0.29, 0.717) is 40.5 Å². The molecule has 3 rings (SSSR count). The first kappa shape index (κ1) is 23.5. The van der Waals surface area contributed by atoms with E-state index in [4.69, 9.17) is 19.3 Å². The Kier molecular flexibility index (Phi) is 7.88. The summed E-state index contributed by atoms with van der Waals surface area (Å²) >= 11 is 5.17. The number of ether oxygens (including phenoxy) is 3. The third-order valence-corrected chi connectivity index (χ3v) is 6.33. The molecular weight excluding hydrogens is 484 g/mol. The second-order valence-electron chi connectivity index (χ2n) is 6.89. The Morgan fingerprint density at radius 2 is 2.10 bits per heavy atom. The van der Waals surface area contributed by atoms with E-state index in [2.05, 4.69) is 33.2 Å². The van der Waals surface area contributed by atoms with Crippen molar-refractivity contribution in [2.75, 3.05) is 31.9 Å². The van der Waals surface area contributed by atoms with Crippen molar-refractivity contribution in [1.82, 2.24) is 14.8 Å². The summed E-state index contributed by atoms with van der Waals surface area (Å²) in [5, 5.41) is 8.57. The molecule has 1 aromatic carbocycles. The number of thioether (sulfide) groups is 1. The normalized spacial score (nSPS) is 15.4. The molecule has 1 unspecified atom stereocenters. The van der Waals surface area contributed by atoms with Crippen LogP contribution in [0.5, 0.6) is 11.5 Å². The number of halogens is 1. The topological polar surface area (TPSA) is 87.5 Å². The molecule has 31 heavy (non-hydrogen) atoms. The van der Waals surface area contributed by atoms with Crippen LogP contribution in [0.1, 0.15) is 45.2 Å². The second kappa shape index (κ2) is 10.4. The number of hydrogen-bond acceptors (Lipinski definition) is 8. The molecule has 1 aliphatic heterocycles. The number of anilines is 1. The number of hydrogen-bond donors (Lipinski definition) is 1. The van der Waals surface area contributed by atoms with E-state index in [0.717, 1.165) is 28.6 Å². The largest absolute Gasteiger partial charge is 0.492 e. The van der Waals surface area contributed by atoms with E-state index >= 15 is 0 Å². The summed E-state index contributed by atoms with van der Waals surface area (Å²) in [5.74, 6) is 2.26. The van der Waals surface area contributed by atoms with Crippen molar-refractivity contribution < 1.29 is 19.0 Å². The van der Waals surface area contributed by atoms with Crippen LogP contribution < -0.4 is 14.8 Å². The van der Waals surface area contributed by atoms with Crippen LogP contribution in [0.3, 0.4) is 0 Å². The van der Waals surface area contributed by atoms with Gasteiger partial charge in [-0.15, -0.1) is 5.10 Å². The smallest absolute Gasteiger partial charge is 0.338 e. The van der Waals surface area contributed by atoms with Crippen molar-refractivity contribution in [2.24, 2.45) is 0 Å². The molecule has 8 nitrogen and oxygen atoms in total. The van der Waals surface area contributed by atoms with E-state index in [1.165, 1.54) is 7.11 Å². The number of methoxy groups -OCH3 is 2. The van der Waals surface area contributed by atoms with Crippen LogP contribution in [0.15, 0.2) is 33.0 Å². The first-order valence-corrected chi connectivity index (χ1v) is 11.9. The molecule has 0 amide bonds. The minimum atomic E-state index is -0.530. The first-order chi connectivity index (χ1) is 14.9. The number of rotatable bonds is 9. The van der Waals surface area contributed by atoms with Crippen LogP contribution in [0.2, 0.25) is 0 Å². The number of carbonyl (C=O) groups excluding carboxylic acids is 1. The Hall–Kier alpha value is -2.20. The number of unbranched alkanes of at least 4 members (excludes halogenated alkanes) is 1. The average Bonchev–Trinajstić information content (AvgIpc) is 3.14. The van der Waals surface area contributed by atoms with E-state index in [1.54, 1.807) is 23.6 Å². The Labute approximate surface area is 194 Å². The molecule has 2 heterocycles. The van der Waals surface area contributed by atoms with Gasteiger partial charge in [-0.3, -0.25) is 0 Å². The summed E-state index contributed by atoms with van der Waals surface area (Å²) in [6, 6.07) is 3.25. The lowest BCUT2D eigenvalue weighted by Gasteiger charge is -2.28. The molecular formula is C21H27BrN4O4S. The highest BCUT2D eigenvalue weighted by atomic mass is 79.9. The van der Waals surface area contributed by atoms with Crippen molar-refractivity contribution in [3.63, 3.8) is 0 Å². The fourth-order valence-electron chi connectivity index (χ4n) is 3.39. The highest BCUT2D eigenvalue weighted by Crippen LogP contribution is 2.43. The van der Waals surface area contributed by atoms with E-state index in [1.807, 2.05) is 26.0 Å². The number of fused-ring (bicyclic) bond motifs is 1. The van der Waals surface area contributed by atoms with Crippen molar-refractivity contribution in [1.29, 1.82) is 0 Å². The zero-order valence-corrected chi connectivity index (χ0v) is 20.7. The monoisotopic (exact) mass is 510 g/mol. The molecule has 0 saturated carbocycles. The molecule has 1 aromatic heterocycles. The SMILES string of the molecule is CCCCSc1nc2n(n1)C(c1cc(Br)c(OC)c(OCC)c1)C(C(=O)OC)=C(C)N2. The molecule has 0 bridgehead atoms. The lowest BCUT2D eigenvalue weighted by atomic mass is 9.95. The maximum absolute atomic E-state index is 12.8. The predicted molar refractivity (Wildman–Crippen MR) is 124 cm³/mol. The zero-order valence-electron chi connectivity index (χ0n) is 18.3. The molecule has 10 heteroatoms. The highest BCUT2D eigenvalue weighted by Gasteiger charge is 2.36. The van der Waals surface area contributed by atoms with E-state index in [9.17, 15) is 4.79 Å². The number of nitrogens with zero attached hydrogens (tertiary/aromatic N) is 3. The van der Waals surface area contributed by atoms with Crippen molar-refractivity contribution in [3.8, 4) is 11.5 Å². The third kappa shape index (κ3) is 4.85. The van der Waals surface area contributed by atoms with Gasteiger partial charge in [0, 0.05) is 11.4 Å². The summed E-state index contributed by atoms with van der Waals surface area (Å²) in [7, 11) is 2.96. The van der Waals surface area contributed by atoms with Crippen molar-refractivity contribution in [2.45, 2.75) is 44.8 Å². The fraction of sp³-hybridized carbons (Fsp3) is 0.476. The van der Waals surface area contributed by atoms with Gasteiger partial charge in [-0.25, -0.2) is 9.48 Å². The Bertz CT molecular complexity index is 992. The van der Waals surface area contributed by atoms with Crippen LogP contribution in [-0.4, -0.2) is 47.3 Å². The lowest BCUT2D eigenvalue weighted by Crippen LogP contribution is -2.29. The van der Waals surface area contributed by atoms with Crippen LogP contribution in [0, 0.1) is 0 Å². The average molecular weight is 511 g/mol. The van der Waals surface area contributed by atoms with Gasteiger partial charge in [0.2, 0.25) is 11.1 Å². The molecule has 2 aromatic rings. The summed E-state index contributed by atoms with van der Waals surface area (Å²) in [6.07, 6.45) is 2.19. The molecule has 0 aliphatic carbocycles. The zero-order chi connectivity index (χ0) is 22.5. The lowest BCUT2D eigenvalue weighted by molar-refractivity contribution is -0.136. The van der Waals surface area contributed by atoms with Gasteiger partial charge in [0.05, 0.1) is 30.9 Å².